The lowest BCUT2D eigenvalue weighted by Crippen LogP contribution is -2.15. The van der Waals surface area contributed by atoms with E-state index in [2.05, 4.69) is 211 Å². The minimum Gasteiger partial charge on any atom is -0.256 e. The molecule has 0 radical (unpaired) electrons. The van der Waals surface area contributed by atoms with Crippen LogP contribution in [0.2, 0.25) is 0 Å². The van der Waals surface area contributed by atoms with Crippen LogP contribution in [0.1, 0.15) is 55.5 Å². The van der Waals surface area contributed by atoms with Crippen LogP contribution < -0.4 is 0 Å². The number of pyridine rings is 1. The van der Waals surface area contributed by atoms with E-state index in [1.165, 1.54) is 121 Å². The molecule has 10 aromatic rings. The molecule has 0 aliphatic heterocycles. The molecule has 0 atom stereocenters. The summed E-state index contributed by atoms with van der Waals surface area (Å²) in [6.07, 6.45) is 1.93. The molecule has 0 N–H and O–H groups in total. The van der Waals surface area contributed by atoms with E-state index in [1.807, 2.05) is 6.20 Å². The molecule has 2 aliphatic rings. The summed E-state index contributed by atoms with van der Waals surface area (Å²) in [4.78, 5) is 4.86. The van der Waals surface area contributed by atoms with Gasteiger partial charge in [0.15, 0.2) is 0 Å². The quantitative estimate of drug-likeness (QED) is 0.173. The third kappa shape index (κ3) is 5.50. The van der Waals surface area contributed by atoms with Crippen molar-refractivity contribution in [1.29, 1.82) is 0 Å². The number of nitrogens with zero attached hydrogens (tertiary/aromatic N) is 1. The predicted molar refractivity (Wildman–Crippen MR) is 258 cm³/mol. The first kappa shape index (κ1) is 35.8. The summed E-state index contributed by atoms with van der Waals surface area (Å²) in [7, 11) is 0. The normalized spacial score (nSPS) is 14.2. The van der Waals surface area contributed by atoms with Gasteiger partial charge in [0.1, 0.15) is 0 Å². The molecule has 2 aliphatic carbocycles. The lowest BCUT2D eigenvalue weighted by atomic mass is 9.79. The number of rotatable bonds is 4. The Kier molecular flexibility index (Phi) is 7.61. The van der Waals surface area contributed by atoms with Crippen LogP contribution in [0.3, 0.4) is 0 Å². The molecular formula is C60H45N. The van der Waals surface area contributed by atoms with Gasteiger partial charge in [-0.2, -0.15) is 0 Å². The molecule has 0 fully saturated rings. The monoisotopic (exact) mass is 779 g/mol. The van der Waals surface area contributed by atoms with Crippen molar-refractivity contribution in [2.24, 2.45) is 0 Å². The first-order valence-electron chi connectivity index (χ1n) is 21.6. The van der Waals surface area contributed by atoms with Crippen LogP contribution in [-0.2, 0) is 10.8 Å². The molecule has 1 heteroatoms. The first-order valence-corrected chi connectivity index (χ1v) is 21.6. The van der Waals surface area contributed by atoms with Crippen molar-refractivity contribution >= 4 is 32.3 Å². The topological polar surface area (TPSA) is 12.9 Å². The van der Waals surface area contributed by atoms with Gasteiger partial charge in [-0.1, -0.05) is 161 Å². The van der Waals surface area contributed by atoms with E-state index in [1.54, 1.807) is 0 Å². The fourth-order valence-electron chi connectivity index (χ4n) is 10.7. The number of aromatic nitrogens is 1. The maximum absolute atomic E-state index is 4.86. The van der Waals surface area contributed by atoms with Crippen LogP contribution in [0.5, 0.6) is 0 Å². The van der Waals surface area contributed by atoms with Gasteiger partial charge in [0.05, 0.1) is 5.69 Å². The Balaban J connectivity index is 0.845. The highest BCUT2D eigenvalue weighted by Gasteiger charge is 2.38. The van der Waals surface area contributed by atoms with Crippen LogP contribution in [0.15, 0.2) is 182 Å². The van der Waals surface area contributed by atoms with Crippen molar-refractivity contribution in [2.45, 2.75) is 45.4 Å². The Bertz CT molecular complexity index is 3480. The van der Waals surface area contributed by atoms with E-state index in [-0.39, 0.29) is 10.8 Å². The van der Waals surface area contributed by atoms with E-state index in [0.717, 1.165) is 5.69 Å². The number of aryl methyl sites for hydroxylation is 1. The van der Waals surface area contributed by atoms with Crippen molar-refractivity contribution < 1.29 is 0 Å². The molecule has 1 heterocycles. The Hall–Kier alpha value is -7.09. The molecule has 12 rings (SSSR count). The lowest BCUT2D eigenvalue weighted by molar-refractivity contribution is 0.660. The second-order valence-electron chi connectivity index (χ2n) is 18.5. The molecule has 0 amide bonds. The average molecular weight is 780 g/mol. The van der Waals surface area contributed by atoms with Gasteiger partial charge in [-0.25, -0.2) is 0 Å². The van der Waals surface area contributed by atoms with E-state index in [9.17, 15) is 0 Å². The summed E-state index contributed by atoms with van der Waals surface area (Å²) >= 11 is 0. The number of benzene rings is 9. The zero-order chi connectivity index (χ0) is 41.2. The minimum absolute atomic E-state index is 0.140. The van der Waals surface area contributed by atoms with Crippen molar-refractivity contribution in [3.05, 3.63) is 210 Å². The van der Waals surface area contributed by atoms with Gasteiger partial charge in [-0.15, -0.1) is 0 Å². The molecule has 61 heavy (non-hydrogen) atoms. The summed E-state index contributed by atoms with van der Waals surface area (Å²) in [5.41, 5.74) is 21.6. The number of hydrogen-bond donors (Lipinski definition) is 0. The van der Waals surface area contributed by atoms with Crippen molar-refractivity contribution in [2.75, 3.05) is 0 Å². The Morgan fingerprint density at radius 3 is 1.28 bits per heavy atom. The standard InChI is InChI=1S/C60H45N/c1-36-10-11-37-12-13-43(31-48(37)28-36)41-15-14-40-30-42(17-16-39(40)29-41)44-18-22-50-51-23-19-45(33-55(51)59(2,3)54(50)32-44)46-20-24-52-53-25-21-47(35-57(53)60(4,5)56(52)34-46)58-49-9-7-6-8-38(49)26-27-61-58/h6-35H,1-5H3. The Morgan fingerprint density at radius 2 is 0.738 bits per heavy atom. The Labute approximate surface area is 358 Å². The third-order valence-corrected chi connectivity index (χ3v) is 14.1. The van der Waals surface area contributed by atoms with Gasteiger partial charge in [0.2, 0.25) is 0 Å². The fraction of sp³-hybridized carbons (Fsp3) is 0.117. The smallest absolute Gasteiger partial charge is 0.0780 e. The van der Waals surface area contributed by atoms with Crippen molar-refractivity contribution in [1.82, 2.24) is 4.98 Å². The summed E-state index contributed by atoms with van der Waals surface area (Å²) in [5.74, 6) is 0. The average Bonchev–Trinajstić information content (AvgIpc) is 3.66. The molecule has 0 bridgehead atoms. The summed E-state index contributed by atoms with van der Waals surface area (Å²) < 4.78 is 0. The molecular weight excluding hydrogens is 735 g/mol. The summed E-state index contributed by atoms with van der Waals surface area (Å²) in [5, 5.41) is 7.49. The highest BCUT2D eigenvalue weighted by Crippen LogP contribution is 2.53. The third-order valence-electron chi connectivity index (χ3n) is 14.1. The zero-order valence-corrected chi connectivity index (χ0v) is 35.3. The van der Waals surface area contributed by atoms with E-state index < -0.39 is 0 Å². The van der Waals surface area contributed by atoms with Gasteiger partial charge < -0.3 is 0 Å². The van der Waals surface area contributed by atoms with Gasteiger partial charge in [-0.3, -0.25) is 4.98 Å². The summed E-state index contributed by atoms with van der Waals surface area (Å²) in [6, 6.07) is 66.2. The van der Waals surface area contributed by atoms with Gasteiger partial charge in [-0.05, 0) is 160 Å². The highest BCUT2D eigenvalue weighted by molar-refractivity contribution is 5.97. The second-order valence-corrected chi connectivity index (χ2v) is 18.5. The lowest BCUT2D eigenvalue weighted by Gasteiger charge is -2.24. The predicted octanol–water partition coefficient (Wildman–Crippen LogP) is 16.1. The molecule has 0 saturated carbocycles. The number of hydrogen-bond acceptors (Lipinski definition) is 1. The van der Waals surface area contributed by atoms with Crippen molar-refractivity contribution in [3.63, 3.8) is 0 Å². The van der Waals surface area contributed by atoms with E-state index in [0.29, 0.717) is 0 Å². The SMILES string of the molecule is Cc1ccc2ccc(-c3ccc4cc(-c5ccc6c(c5)C(C)(C)c5cc(-c7ccc8c(c7)C(C)(C)c7cc(-c9nccc%10ccccc9%10)ccc7-8)ccc5-6)ccc4c3)cc2c1. The molecule has 0 spiro atoms. The molecule has 1 nitrogen and oxygen atoms in total. The summed E-state index contributed by atoms with van der Waals surface area (Å²) in [6.45, 7) is 11.7. The number of fused-ring (bicyclic) bond motifs is 9. The highest BCUT2D eigenvalue weighted by atomic mass is 14.7. The maximum atomic E-state index is 4.86. The van der Waals surface area contributed by atoms with E-state index >= 15 is 0 Å². The van der Waals surface area contributed by atoms with E-state index in [4.69, 9.17) is 4.98 Å². The largest absolute Gasteiger partial charge is 0.256 e. The minimum atomic E-state index is -0.147. The molecule has 0 unspecified atom stereocenters. The van der Waals surface area contributed by atoms with Crippen LogP contribution >= 0.6 is 0 Å². The second kappa shape index (κ2) is 13.0. The van der Waals surface area contributed by atoms with Crippen molar-refractivity contribution in [3.8, 4) is 66.9 Å². The van der Waals surface area contributed by atoms with Gasteiger partial charge in [0, 0.05) is 28.0 Å². The van der Waals surface area contributed by atoms with Gasteiger partial charge >= 0.3 is 0 Å². The first-order chi connectivity index (χ1) is 29.6. The van der Waals surface area contributed by atoms with Gasteiger partial charge in [0.25, 0.3) is 0 Å². The molecule has 9 aromatic carbocycles. The molecule has 290 valence electrons. The van der Waals surface area contributed by atoms with Crippen LogP contribution in [0.25, 0.3) is 99.2 Å². The van der Waals surface area contributed by atoms with Crippen LogP contribution in [-0.4, -0.2) is 4.98 Å². The van der Waals surface area contributed by atoms with Crippen LogP contribution in [0.4, 0.5) is 0 Å². The Morgan fingerprint density at radius 1 is 0.328 bits per heavy atom. The zero-order valence-electron chi connectivity index (χ0n) is 35.3. The molecule has 0 saturated heterocycles. The fourth-order valence-corrected chi connectivity index (χ4v) is 10.7. The van der Waals surface area contributed by atoms with Crippen LogP contribution in [0, 0.1) is 6.92 Å². The molecule has 1 aromatic heterocycles. The maximum Gasteiger partial charge on any atom is 0.0780 e.